The predicted octanol–water partition coefficient (Wildman–Crippen LogP) is 3.47. The van der Waals surface area contributed by atoms with Crippen LogP contribution in [0.4, 0.5) is 5.69 Å². The van der Waals surface area contributed by atoms with Gasteiger partial charge in [-0.1, -0.05) is 12.1 Å². The Bertz CT molecular complexity index is 545. The van der Waals surface area contributed by atoms with Crippen molar-refractivity contribution >= 4 is 17.3 Å². The number of halogens is 1. The highest BCUT2D eigenvalue weighted by atomic mass is 35.5. The Morgan fingerprint density at radius 2 is 2.11 bits per heavy atom. The van der Waals surface area contributed by atoms with Crippen molar-refractivity contribution in [3.05, 3.63) is 53.9 Å². The fourth-order valence-corrected chi connectivity index (χ4v) is 2.06. The molecule has 3 nitrogen and oxygen atoms in total. The largest absolute Gasteiger partial charge is 0.497 e. The summed E-state index contributed by atoms with van der Waals surface area (Å²) >= 11 is 5.81. The van der Waals surface area contributed by atoms with Crippen LogP contribution in [-0.4, -0.2) is 19.1 Å². The van der Waals surface area contributed by atoms with Gasteiger partial charge in [0.1, 0.15) is 5.75 Å². The number of anilines is 1. The zero-order valence-electron chi connectivity index (χ0n) is 11.1. The standard InChI is InChI=1S/C15H17ClN2O/c1-18(14-6-7-17-13(9-14)10-16)11-12-4-3-5-15(8-12)19-2/h3-9H,10-11H2,1-2H3. The molecule has 0 bridgehead atoms. The lowest BCUT2D eigenvalue weighted by molar-refractivity contribution is 0.414. The van der Waals surface area contributed by atoms with E-state index in [0.717, 1.165) is 23.7 Å². The SMILES string of the molecule is COc1cccc(CN(C)c2ccnc(CCl)c2)c1. The molecule has 0 saturated carbocycles. The number of methoxy groups -OCH3 is 1. The molecule has 0 atom stereocenters. The van der Waals surface area contributed by atoms with E-state index in [1.807, 2.05) is 37.4 Å². The van der Waals surface area contributed by atoms with Crippen LogP contribution >= 0.6 is 11.6 Å². The summed E-state index contributed by atoms with van der Waals surface area (Å²) in [5.74, 6) is 1.31. The molecule has 0 amide bonds. The van der Waals surface area contributed by atoms with Crippen LogP contribution < -0.4 is 9.64 Å². The lowest BCUT2D eigenvalue weighted by Crippen LogP contribution is -2.16. The summed E-state index contributed by atoms with van der Waals surface area (Å²) in [6.07, 6.45) is 1.79. The van der Waals surface area contributed by atoms with Gasteiger partial charge >= 0.3 is 0 Å². The Kier molecular flexibility index (Phi) is 4.63. The van der Waals surface area contributed by atoms with Crippen LogP contribution in [0, 0.1) is 0 Å². The smallest absolute Gasteiger partial charge is 0.119 e. The lowest BCUT2D eigenvalue weighted by Gasteiger charge is -2.20. The van der Waals surface area contributed by atoms with Gasteiger partial charge in [-0.2, -0.15) is 0 Å². The molecule has 0 radical (unpaired) electrons. The van der Waals surface area contributed by atoms with Gasteiger partial charge in [0, 0.05) is 25.5 Å². The molecule has 0 fully saturated rings. The Hall–Kier alpha value is -1.74. The average molecular weight is 277 g/mol. The summed E-state index contributed by atoms with van der Waals surface area (Å²) < 4.78 is 5.23. The second-order valence-corrected chi connectivity index (χ2v) is 4.61. The normalized spacial score (nSPS) is 10.3. The molecule has 4 heteroatoms. The molecule has 1 aromatic heterocycles. The fraction of sp³-hybridized carbons (Fsp3) is 0.267. The summed E-state index contributed by atoms with van der Waals surface area (Å²) in [5, 5.41) is 0. The van der Waals surface area contributed by atoms with Crippen molar-refractivity contribution in [2.24, 2.45) is 0 Å². The number of alkyl halides is 1. The molecule has 0 saturated heterocycles. The number of hydrogen-bond acceptors (Lipinski definition) is 3. The molecule has 0 aliphatic rings. The molecule has 1 heterocycles. The van der Waals surface area contributed by atoms with E-state index in [9.17, 15) is 0 Å². The molecule has 100 valence electrons. The van der Waals surface area contributed by atoms with E-state index < -0.39 is 0 Å². The van der Waals surface area contributed by atoms with Gasteiger partial charge in [0.05, 0.1) is 18.7 Å². The number of hydrogen-bond donors (Lipinski definition) is 0. The second kappa shape index (κ2) is 6.43. The Labute approximate surface area is 118 Å². The molecular weight excluding hydrogens is 260 g/mol. The maximum atomic E-state index is 5.81. The third kappa shape index (κ3) is 3.61. The van der Waals surface area contributed by atoms with Crippen LogP contribution in [0.1, 0.15) is 11.3 Å². The maximum Gasteiger partial charge on any atom is 0.119 e. The second-order valence-electron chi connectivity index (χ2n) is 4.35. The lowest BCUT2D eigenvalue weighted by atomic mass is 10.2. The average Bonchev–Trinajstić information content (AvgIpc) is 2.47. The Morgan fingerprint density at radius 1 is 1.26 bits per heavy atom. The molecule has 0 unspecified atom stereocenters. The van der Waals surface area contributed by atoms with E-state index in [2.05, 4.69) is 16.0 Å². The van der Waals surface area contributed by atoms with E-state index in [0.29, 0.717) is 5.88 Å². The zero-order valence-corrected chi connectivity index (χ0v) is 11.9. The molecule has 0 spiro atoms. The van der Waals surface area contributed by atoms with E-state index in [1.54, 1.807) is 13.3 Å². The van der Waals surface area contributed by atoms with Gasteiger partial charge in [-0.25, -0.2) is 0 Å². The molecule has 0 aliphatic heterocycles. The Morgan fingerprint density at radius 3 is 2.84 bits per heavy atom. The van der Waals surface area contributed by atoms with Crippen LogP contribution in [0.3, 0.4) is 0 Å². The minimum Gasteiger partial charge on any atom is -0.497 e. The predicted molar refractivity (Wildman–Crippen MR) is 78.9 cm³/mol. The summed E-state index contributed by atoms with van der Waals surface area (Å²) in [4.78, 5) is 6.36. The molecule has 2 rings (SSSR count). The van der Waals surface area contributed by atoms with Gasteiger partial charge in [-0.15, -0.1) is 11.6 Å². The maximum absolute atomic E-state index is 5.81. The van der Waals surface area contributed by atoms with Crippen molar-refractivity contribution in [1.82, 2.24) is 4.98 Å². The first-order chi connectivity index (χ1) is 9.22. The van der Waals surface area contributed by atoms with Crippen LogP contribution in [0.2, 0.25) is 0 Å². The quantitative estimate of drug-likeness (QED) is 0.782. The minimum atomic E-state index is 0.431. The van der Waals surface area contributed by atoms with Crippen molar-refractivity contribution in [2.45, 2.75) is 12.4 Å². The van der Waals surface area contributed by atoms with Crippen molar-refractivity contribution in [2.75, 3.05) is 19.1 Å². The number of rotatable bonds is 5. The third-order valence-electron chi connectivity index (χ3n) is 2.93. The van der Waals surface area contributed by atoms with E-state index in [4.69, 9.17) is 16.3 Å². The molecule has 0 N–H and O–H groups in total. The zero-order chi connectivity index (χ0) is 13.7. The van der Waals surface area contributed by atoms with Gasteiger partial charge in [0.25, 0.3) is 0 Å². The van der Waals surface area contributed by atoms with Gasteiger partial charge in [-0.3, -0.25) is 4.98 Å². The van der Waals surface area contributed by atoms with Gasteiger partial charge in [0.15, 0.2) is 0 Å². The van der Waals surface area contributed by atoms with Crippen molar-refractivity contribution < 1.29 is 4.74 Å². The van der Waals surface area contributed by atoms with Crippen LogP contribution in [-0.2, 0) is 12.4 Å². The first-order valence-electron chi connectivity index (χ1n) is 6.08. The van der Waals surface area contributed by atoms with E-state index in [1.165, 1.54) is 5.56 Å². The van der Waals surface area contributed by atoms with E-state index in [-0.39, 0.29) is 0 Å². The highest BCUT2D eigenvalue weighted by Gasteiger charge is 2.04. The van der Waals surface area contributed by atoms with Crippen LogP contribution in [0.15, 0.2) is 42.6 Å². The van der Waals surface area contributed by atoms with E-state index >= 15 is 0 Å². The van der Waals surface area contributed by atoms with Gasteiger partial charge in [0.2, 0.25) is 0 Å². The van der Waals surface area contributed by atoms with Crippen molar-refractivity contribution in [3.8, 4) is 5.75 Å². The van der Waals surface area contributed by atoms with Gasteiger partial charge < -0.3 is 9.64 Å². The molecule has 19 heavy (non-hydrogen) atoms. The highest BCUT2D eigenvalue weighted by Crippen LogP contribution is 2.19. The molecular formula is C15H17ClN2O. The van der Waals surface area contributed by atoms with Gasteiger partial charge in [-0.05, 0) is 29.8 Å². The number of nitrogens with zero attached hydrogens (tertiary/aromatic N) is 2. The van der Waals surface area contributed by atoms with Crippen molar-refractivity contribution in [3.63, 3.8) is 0 Å². The number of ether oxygens (including phenoxy) is 1. The van der Waals surface area contributed by atoms with Crippen LogP contribution in [0.25, 0.3) is 0 Å². The topological polar surface area (TPSA) is 25.4 Å². The number of pyridine rings is 1. The molecule has 1 aromatic carbocycles. The third-order valence-corrected chi connectivity index (χ3v) is 3.21. The fourth-order valence-electron chi connectivity index (χ4n) is 1.91. The van der Waals surface area contributed by atoms with Crippen LogP contribution in [0.5, 0.6) is 5.75 Å². The molecule has 2 aromatic rings. The molecule has 0 aliphatic carbocycles. The first-order valence-corrected chi connectivity index (χ1v) is 6.61. The minimum absolute atomic E-state index is 0.431. The monoisotopic (exact) mass is 276 g/mol. The number of benzene rings is 1. The summed E-state index contributed by atoms with van der Waals surface area (Å²) in [5.41, 5.74) is 3.19. The first kappa shape index (κ1) is 13.7. The summed E-state index contributed by atoms with van der Waals surface area (Å²) in [7, 11) is 3.73. The Balaban J connectivity index is 2.13. The number of aromatic nitrogens is 1. The summed E-state index contributed by atoms with van der Waals surface area (Å²) in [6.45, 7) is 0.808. The summed E-state index contributed by atoms with van der Waals surface area (Å²) in [6, 6.07) is 12.1. The van der Waals surface area contributed by atoms with Crippen molar-refractivity contribution in [1.29, 1.82) is 0 Å². The highest BCUT2D eigenvalue weighted by molar-refractivity contribution is 6.16.